The number of nitrogens with one attached hydrogen (secondary N) is 1. The van der Waals surface area contributed by atoms with Crippen LogP contribution in [0.4, 0.5) is 16.0 Å². The predicted octanol–water partition coefficient (Wildman–Crippen LogP) is 3.26. The van der Waals surface area contributed by atoms with Gasteiger partial charge in [0.1, 0.15) is 5.82 Å². The number of para-hydroxylation sites is 1. The Hall–Kier alpha value is -1.55. The van der Waals surface area contributed by atoms with Crippen LogP contribution in [0.3, 0.4) is 0 Å². The van der Waals surface area contributed by atoms with E-state index in [0.29, 0.717) is 11.0 Å². The first-order chi connectivity index (χ1) is 7.58. The van der Waals surface area contributed by atoms with Crippen molar-refractivity contribution in [1.82, 2.24) is 9.55 Å². The normalized spacial score (nSPS) is 10.5. The molecule has 0 aliphatic heterocycles. The zero-order chi connectivity index (χ0) is 11.7. The van der Waals surface area contributed by atoms with Gasteiger partial charge in [-0.2, -0.15) is 0 Å². The van der Waals surface area contributed by atoms with Crippen molar-refractivity contribution in [3.05, 3.63) is 40.9 Å². The van der Waals surface area contributed by atoms with Gasteiger partial charge >= 0.3 is 0 Å². The van der Waals surface area contributed by atoms with Gasteiger partial charge in [0.05, 0.1) is 16.4 Å². The maximum Gasteiger partial charge on any atom is 0.207 e. The van der Waals surface area contributed by atoms with Crippen molar-refractivity contribution in [2.45, 2.75) is 6.92 Å². The molecule has 1 aromatic heterocycles. The van der Waals surface area contributed by atoms with Crippen LogP contribution in [0.25, 0.3) is 0 Å². The zero-order valence-corrected chi connectivity index (χ0v) is 9.72. The maximum absolute atomic E-state index is 13.5. The van der Waals surface area contributed by atoms with Crippen LogP contribution < -0.4 is 5.32 Å². The van der Waals surface area contributed by atoms with Crippen LogP contribution in [0.5, 0.6) is 0 Å². The number of aromatic nitrogens is 2. The molecule has 0 amide bonds. The fourth-order valence-electron chi connectivity index (χ4n) is 1.46. The van der Waals surface area contributed by atoms with E-state index in [0.717, 1.165) is 5.69 Å². The van der Waals surface area contributed by atoms with E-state index >= 15 is 0 Å². The van der Waals surface area contributed by atoms with Gasteiger partial charge in [0.2, 0.25) is 5.95 Å². The number of hydrogen-bond acceptors (Lipinski definition) is 2. The molecule has 0 radical (unpaired) electrons. The smallest absolute Gasteiger partial charge is 0.207 e. The molecule has 0 aliphatic rings. The van der Waals surface area contributed by atoms with E-state index in [9.17, 15) is 4.39 Å². The van der Waals surface area contributed by atoms with Crippen molar-refractivity contribution in [2.24, 2.45) is 7.05 Å². The third-order valence-electron chi connectivity index (χ3n) is 2.20. The van der Waals surface area contributed by atoms with E-state index in [2.05, 4.69) is 10.3 Å². The molecule has 0 unspecified atom stereocenters. The van der Waals surface area contributed by atoms with E-state index in [4.69, 9.17) is 11.6 Å². The van der Waals surface area contributed by atoms with Crippen molar-refractivity contribution in [1.29, 1.82) is 0 Å². The zero-order valence-electron chi connectivity index (χ0n) is 8.96. The molecular weight excluding hydrogens is 229 g/mol. The number of nitrogens with zero attached hydrogens (tertiary/aromatic N) is 2. The van der Waals surface area contributed by atoms with Crippen LogP contribution in [0.15, 0.2) is 24.4 Å². The molecule has 16 heavy (non-hydrogen) atoms. The largest absolute Gasteiger partial charge is 0.322 e. The molecule has 2 rings (SSSR count). The van der Waals surface area contributed by atoms with E-state index in [1.165, 1.54) is 6.07 Å². The highest BCUT2D eigenvalue weighted by molar-refractivity contribution is 6.33. The van der Waals surface area contributed by atoms with Crippen LogP contribution in [0.2, 0.25) is 5.02 Å². The summed E-state index contributed by atoms with van der Waals surface area (Å²) in [5.74, 6) is 0.164. The molecule has 5 heteroatoms. The van der Waals surface area contributed by atoms with Gasteiger partial charge in [-0.15, -0.1) is 0 Å². The molecule has 0 bridgehead atoms. The molecule has 1 heterocycles. The Bertz CT molecular complexity index is 502. The molecule has 3 nitrogen and oxygen atoms in total. The second-order valence-electron chi connectivity index (χ2n) is 3.54. The second-order valence-corrected chi connectivity index (χ2v) is 3.95. The second kappa shape index (κ2) is 4.14. The summed E-state index contributed by atoms with van der Waals surface area (Å²) in [4.78, 5) is 4.21. The molecule has 0 aliphatic carbocycles. The Kier molecular flexibility index (Phi) is 2.83. The van der Waals surface area contributed by atoms with Crippen molar-refractivity contribution >= 4 is 23.2 Å². The summed E-state index contributed by atoms with van der Waals surface area (Å²) in [6.45, 7) is 1.87. The fraction of sp³-hybridized carbons (Fsp3) is 0.182. The van der Waals surface area contributed by atoms with Crippen LogP contribution in [-0.2, 0) is 7.05 Å². The third-order valence-corrected chi connectivity index (χ3v) is 2.51. The van der Waals surface area contributed by atoms with Crippen LogP contribution >= 0.6 is 11.6 Å². The van der Waals surface area contributed by atoms with Gasteiger partial charge in [0.25, 0.3) is 0 Å². The highest BCUT2D eigenvalue weighted by atomic mass is 35.5. The Morgan fingerprint density at radius 1 is 1.44 bits per heavy atom. The van der Waals surface area contributed by atoms with Gasteiger partial charge in [-0.3, -0.25) is 0 Å². The third kappa shape index (κ3) is 2.02. The SMILES string of the molecule is Cc1cn(C)c(Nc2c(F)cccc2Cl)n1. The summed E-state index contributed by atoms with van der Waals surface area (Å²) in [5, 5.41) is 3.21. The van der Waals surface area contributed by atoms with Crippen molar-refractivity contribution < 1.29 is 4.39 Å². The molecule has 0 saturated carbocycles. The van der Waals surface area contributed by atoms with Gasteiger partial charge in [-0.1, -0.05) is 17.7 Å². The molecule has 1 aromatic carbocycles. The van der Waals surface area contributed by atoms with E-state index in [-0.39, 0.29) is 5.69 Å². The van der Waals surface area contributed by atoms with E-state index in [1.54, 1.807) is 16.7 Å². The predicted molar refractivity (Wildman–Crippen MR) is 62.6 cm³/mol. The number of halogens is 2. The van der Waals surface area contributed by atoms with E-state index in [1.807, 2.05) is 20.2 Å². The fourth-order valence-corrected chi connectivity index (χ4v) is 1.67. The van der Waals surface area contributed by atoms with Crippen molar-refractivity contribution in [2.75, 3.05) is 5.32 Å². The summed E-state index contributed by atoms with van der Waals surface area (Å²) in [6.07, 6.45) is 1.84. The van der Waals surface area contributed by atoms with Crippen LogP contribution in [-0.4, -0.2) is 9.55 Å². The summed E-state index contributed by atoms with van der Waals surface area (Å²) >= 11 is 5.90. The number of rotatable bonds is 2. The van der Waals surface area contributed by atoms with Crippen molar-refractivity contribution in [3.63, 3.8) is 0 Å². The minimum Gasteiger partial charge on any atom is -0.322 e. The van der Waals surface area contributed by atoms with E-state index < -0.39 is 5.82 Å². The summed E-state index contributed by atoms with van der Waals surface area (Å²) in [5.41, 5.74) is 1.11. The molecule has 0 atom stereocenters. The summed E-state index contributed by atoms with van der Waals surface area (Å²) in [7, 11) is 1.83. The summed E-state index contributed by atoms with van der Waals surface area (Å²) in [6, 6.07) is 4.54. The Labute approximate surface area is 97.9 Å². The molecule has 84 valence electrons. The molecule has 2 aromatic rings. The Morgan fingerprint density at radius 2 is 2.19 bits per heavy atom. The minimum absolute atomic E-state index is 0.248. The first-order valence-corrected chi connectivity index (χ1v) is 5.16. The number of hydrogen-bond donors (Lipinski definition) is 1. The lowest BCUT2D eigenvalue weighted by molar-refractivity contribution is 0.631. The molecular formula is C11H11ClFN3. The van der Waals surface area contributed by atoms with Crippen molar-refractivity contribution in [3.8, 4) is 0 Å². The summed E-state index contributed by atoms with van der Waals surface area (Å²) < 4.78 is 15.3. The number of benzene rings is 1. The highest BCUT2D eigenvalue weighted by Crippen LogP contribution is 2.27. The molecule has 0 spiro atoms. The average molecular weight is 240 g/mol. The number of aryl methyl sites for hydroxylation is 2. The average Bonchev–Trinajstić information content (AvgIpc) is 2.51. The first-order valence-electron chi connectivity index (χ1n) is 4.79. The first kappa shape index (κ1) is 11.0. The lowest BCUT2D eigenvalue weighted by atomic mass is 10.3. The molecule has 0 saturated heterocycles. The quantitative estimate of drug-likeness (QED) is 0.872. The van der Waals surface area contributed by atoms with Gasteiger partial charge in [-0.25, -0.2) is 9.37 Å². The van der Waals surface area contributed by atoms with Crippen LogP contribution in [0, 0.1) is 12.7 Å². The maximum atomic E-state index is 13.5. The lowest BCUT2D eigenvalue weighted by Crippen LogP contribution is -2.00. The van der Waals surface area contributed by atoms with Gasteiger partial charge < -0.3 is 9.88 Å². The van der Waals surface area contributed by atoms with Gasteiger partial charge in [0, 0.05) is 13.2 Å². The highest BCUT2D eigenvalue weighted by Gasteiger charge is 2.09. The topological polar surface area (TPSA) is 29.9 Å². The standard InChI is InChI=1S/C11H11ClFN3/c1-7-6-16(2)11(14-7)15-10-8(12)4-3-5-9(10)13/h3-6H,1-2H3,(H,14,15). The number of anilines is 2. The molecule has 1 N–H and O–H groups in total. The Balaban J connectivity index is 2.37. The monoisotopic (exact) mass is 239 g/mol. The van der Waals surface area contributed by atoms with Gasteiger partial charge in [0.15, 0.2) is 0 Å². The molecule has 0 fully saturated rings. The minimum atomic E-state index is -0.395. The Morgan fingerprint density at radius 3 is 2.75 bits per heavy atom. The van der Waals surface area contributed by atoms with Crippen LogP contribution in [0.1, 0.15) is 5.69 Å². The lowest BCUT2D eigenvalue weighted by Gasteiger charge is -2.08. The van der Waals surface area contributed by atoms with Gasteiger partial charge in [-0.05, 0) is 19.1 Å². The number of imidazole rings is 1.